The summed E-state index contributed by atoms with van der Waals surface area (Å²) >= 11 is 5.82. The van der Waals surface area contributed by atoms with Crippen LogP contribution in [0.2, 0.25) is 5.15 Å². The average Bonchev–Trinajstić information content (AvgIpc) is 2.20. The summed E-state index contributed by atoms with van der Waals surface area (Å²) in [5.41, 5.74) is 1.75. The van der Waals surface area contributed by atoms with Crippen molar-refractivity contribution in [2.75, 3.05) is 18.5 Å². The first-order chi connectivity index (χ1) is 6.94. The molecular weight excluding hydrogens is 212 g/mol. The van der Waals surface area contributed by atoms with E-state index >= 15 is 0 Å². The highest BCUT2D eigenvalue weighted by Gasteiger charge is 2.15. The molecule has 0 fully saturated rings. The number of aromatic nitrogens is 1. The van der Waals surface area contributed by atoms with E-state index in [1.165, 1.54) is 0 Å². The molecule has 0 aliphatic heterocycles. The van der Waals surface area contributed by atoms with Gasteiger partial charge in [0.15, 0.2) is 0 Å². The smallest absolute Gasteiger partial charge is 0.132 e. The van der Waals surface area contributed by atoms with Gasteiger partial charge in [0.25, 0.3) is 0 Å². The van der Waals surface area contributed by atoms with E-state index in [1.54, 1.807) is 6.20 Å². The highest BCUT2D eigenvalue weighted by atomic mass is 35.5. The summed E-state index contributed by atoms with van der Waals surface area (Å²) in [6, 6.07) is 1.95. The highest BCUT2D eigenvalue weighted by molar-refractivity contribution is 6.30. The summed E-state index contributed by atoms with van der Waals surface area (Å²) in [7, 11) is 0. The Morgan fingerprint density at radius 1 is 1.53 bits per heavy atom. The lowest BCUT2D eigenvalue weighted by atomic mass is 9.95. The average molecular weight is 229 g/mol. The van der Waals surface area contributed by atoms with Crippen molar-refractivity contribution in [3.8, 4) is 0 Å². The summed E-state index contributed by atoms with van der Waals surface area (Å²) in [5.74, 6) is 0. The van der Waals surface area contributed by atoms with Gasteiger partial charge >= 0.3 is 0 Å². The van der Waals surface area contributed by atoms with Gasteiger partial charge < -0.3 is 10.4 Å². The lowest BCUT2D eigenvalue weighted by Crippen LogP contribution is -2.26. The fourth-order valence-electron chi connectivity index (χ4n) is 1.05. The van der Waals surface area contributed by atoms with Crippen LogP contribution in [0.4, 0.5) is 5.69 Å². The number of hydrogen-bond acceptors (Lipinski definition) is 3. The standard InChI is InChI=1S/C11H17ClN2O/c1-8-4-9(5-13-10(8)12)14-6-11(2,3)7-15/h4-5,14-15H,6-7H2,1-3H3. The van der Waals surface area contributed by atoms with Crippen LogP contribution >= 0.6 is 11.6 Å². The molecule has 84 valence electrons. The van der Waals surface area contributed by atoms with Gasteiger partial charge in [-0.2, -0.15) is 0 Å². The van der Waals surface area contributed by atoms with Crippen LogP contribution in [0.25, 0.3) is 0 Å². The second-order valence-corrected chi connectivity index (χ2v) is 4.87. The number of aryl methyl sites for hydroxylation is 1. The van der Waals surface area contributed by atoms with E-state index in [-0.39, 0.29) is 12.0 Å². The SMILES string of the molecule is Cc1cc(NCC(C)(C)CO)cnc1Cl. The van der Waals surface area contributed by atoms with Gasteiger partial charge in [-0.25, -0.2) is 4.98 Å². The molecule has 0 aliphatic rings. The van der Waals surface area contributed by atoms with E-state index in [0.29, 0.717) is 11.7 Å². The van der Waals surface area contributed by atoms with Gasteiger partial charge in [0.1, 0.15) is 5.15 Å². The van der Waals surface area contributed by atoms with Crippen molar-refractivity contribution in [2.45, 2.75) is 20.8 Å². The van der Waals surface area contributed by atoms with E-state index in [9.17, 15) is 0 Å². The second-order valence-electron chi connectivity index (χ2n) is 4.51. The van der Waals surface area contributed by atoms with Gasteiger partial charge in [0, 0.05) is 18.6 Å². The molecule has 0 spiro atoms. The van der Waals surface area contributed by atoms with Gasteiger partial charge in [-0.3, -0.25) is 0 Å². The number of pyridine rings is 1. The molecule has 0 aromatic carbocycles. The maximum atomic E-state index is 9.09. The van der Waals surface area contributed by atoms with Gasteiger partial charge in [-0.1, -0.05) is 25.4 Å². The molecule has 0 radical (unpaired) electrons. The predicted molar refractivity (Wildman–Crippen MR) is 63.3 cm³/mol. The van der Waals surface area contributed by atoms with Crippen molar-refractivity contribution < 1.29 is 5.11 Å². The number of nitrogens with one attached hydrogen (secondary N) is 1. The third-order valence-electron chi connectivity index (χ3n) is 2.21. The van der Waals surface area contributed by atoms with E-state index < -0.39 is 0 Å². The third-order valence-corrected chi connectivity index (χ3v) is 2.61. The number of aliphatic hydroxyl groups is 1. The maximum absolute atomic E-state index is 9.09. The quantitative estimate of drug-likeness (QED) is 0.779. The minimum absolute atomic E-state index is 0.131. The zero-order valence-electron chi connectivity index (χ0n) is 9.34. The van der Waals surface area contributed by atoms with Crippen LogP contribution < -0.4 is 5.32 Å². The largest absolute Gasteiger partial charge is 0.396 e. The molecular formula is C11H17ClN2O. The molecule has 15 heavy (non-hydrogen) atoms. The Morgan fingerprint density at radius 2 is 2.20 bits per heavy atom. The minimum atomic E-state index is -0.131. The molecule has 0 unspecified atom stereocenters. The van der Waals surface area contributed by atoms with Gasteiger partial charge in [-0.05, 0) is 18.6 Å². The Labute approximate surface area is 95.5 Å². The number of nitrogens with zero attached hydrogens (tertiary/aromatic N) is 1. The Bertz CT molecular complexity index is 339. The predicted octanol–water partition coefficient (Wildman–Crippen LogP) is 2.47. The van der Waals surface area contributed by atoms with E-state index in [1.807, 2.05) is 26.8 Å². The molecule has 0 bridgehead atoms. The van der Waals surface area contributed by atoms with Crippen LogP contribution in [0.15, 0.2) is 12.3 Å². The molecule has 0 saturated carbocycles. The van der Waals surface area contributed by atoms with Crippen molar-refractivity contribution in [3.05, 3.63) is 23.0 Å². The normalized spacial score (nSPS) is 11.5. The molecule has 1 heterocycles. The first-order valence-corrected chi connectivity index (χ1v) is 5.29. The van der Waals surface area contributed by atoms with Crippen LogP contribution in [-0.2, 0) is 0 Å². The minimum Gasteiger partial charge on any atom is -0.396 e. The number of aliphatic hydroxyl groups excluding tert-OH is 1. The molecule has 1 aromatic rings. The molecule has 3 nitrogen and oxygen atoms in total. The lowest BCUT2D eigenvalue weighted by Gasteiger charge is -2.22. The van der Waals surface area contributed by atoms with Crippen LogP contribution in [0.3, 0.4) is 0 Å². The monoisotopic (exact) mass is 228 g/mol. The van der Waals surface area contributed by atoms with Gasteiger partial charge in [0.05, 0.1) is 11.9 Å². The zero-order chi connectivity index (χ0) is 11.5. The van der Waals surface area contributed by atoms with Crippen LogP contribution in [-0.4, -0.2) is 23.2 Å². The zero-order valence-corrected chi connectivity index (χ0v) is 10.1. The van der Waals surface area contributed by atoms with Crippen LogP contribution in [0.5, 0.6) is 0 Å². The Hall–Kier alpha value is -0.800. The molecule has 0 amide bonds. The van der Waals surface area contributed by atoms with Crippen molar-refractivity contribution >= 4 is 17.3 Å². The summed E-state index contributed by atoms with van der Waals surface area (Å²) in [4.78, 5) is 4.05. The summed E-state index contributed by atoms with van der Waals surface area (Å²) in [5, 5.41) is 12.8. The van der Waals surface area contributed by atoms with Gasteiger partial charge in [-0.15, -0.1) is 0 Å². The molecule has 0 atom stereocenters. The molecule has 1 rings (SSSR count). The Balaban J connectivity index is 2.62. The summed E-state index contributed by atoms with van der Waals surface area (Å²) < 4.78 is 0. The van der Waals surface area contributed by atoms with E-state index in [2.05, 4.69) is 10.3 Å². The van der Waals surface area contributed by atoms with Crippen LogP contribution in [0, 0.1) is 12.3 Å². The number of anilines is 1. The number of rotatable bonds is 4. The lowest BCUT2D eigenvalue weighted by molar-refractivity contribution is 0.171. The topological polar surface area (TPSA) is 45.1 Å². The molecule has 0 aliphatic carbocycles. The third kappa shape index (κ3) is 3.68. The van der Waals surface area contributed by atoms with Crippen molar-refractivity contribution in [1.29, 1.82) is 0 Å². The Kier molecular flexibility index (Phi) is 3.94. The number of halogens is 1. The maximum Gasteiger partial charge on any atom is 0.132 e. The van der Waals surface area contributed by atoms with Crippen molar-refractivity contribution in [1.82, 2.24) is 4.98 Å². The molecule has 2 N–H and O–H groups in total. The summed E-state index contributed by atoms with van der Waals surface area (Å²) in [6.45, 7) is 6.76. The van der Waals surface area contributed by atoms with E-state index in [4.69, 9.17) is 16.7 Å². The summed E-state index contributed by atoms with van der Waals surface area (Å²) in [6.07, 6.45) is 1.70. The number of hydrogen-bond donors (Lipinski definition) is 2. The highest BCUT2D eigenvalue weighted by Crippen LogP contribution is 2.19. The first-order valence-electron chi connectivity index (χ1n) is 4.91. The van der Waals surface area contributed by atoms with Crippen molar-refractivity contribution in [3.63, 3.8) is 0 Å². The molecule has 4 heteroatoms. The van der Waals surface area contributed by atoms with Crippen LogP contribution in [0.1, 0.15) is 19.4 Å². The molecule has 1 aromatic heterocycles. The fourth-order valence-corrected chi connectivity index (χ4v) is 1.16. The second kappa shape index (κ2) is 4.81. The van der Waals surface area contributed by atoms with Gasteiger partial charge in [0.2, 0.25) is 0 Å². The first kappa shape index (κ1) is 12.3. The van der Waals surface area contributed by atoms with Crippen molar-refractivity contribution in [2.24, 2.45) is 5.41 Å². The van der Waals surface area contributed by atoms with E-state index in [0.717, 1.165) is 11.3 Å². The Morgan fingerprint density at radius 3 is 2.73 bits per heavy atom. The molecule has 0 saturated heterocycles. The fraction of sp³-hybridized carbons (Fsp3) is 0.545.